The molecule has 3 aromatic rings. The summed E-state index contributed by atoms with van der Waals surface area (Å²) in [5, 5.41) is 2.93. The van der Waals surface area contributed by atoms with Crippen LogP contribution in [0.15, 0.2) is 52.9 Å². The molecular weight excluding hydrogens is 374 g/mol. The smallest absolute Gasteiger partial charge is 0.247 e. The number of fused-ring (bicyclic) bond motifs is 1. The Labute approximate surface area is 167 Å². The molecule has 2 heterocycles. The minimum Gasteiger partial charge on any atom is -0.436 e. The predicted octanol–water partition coefficient (Wildman–Crippen LogP) is 3.79. The lowest BCUT2D eigenvalue weighted by atomic mass is 10.1. The molecule has 144 valence electrons. The van der Waals surface area contributed by atoms with Crippen molar-refractivity contribution in [1.82, 2.24) is 9.88 Å². The van der Waals surface area contributed by atoms with E-state index in [2.05, 4.69) is 10.3 Å². The molecule has 2 aromatic carbocycles. The first kappa shape index (κ1) is 18.6. The van der Waals surface area contributed by atoms with Crippen molar-refractivity contribution in [3.05, 3.63) is 48.5 Å². The van der Waals surface area contributed by atoms with Gasteiger partial charge in [0.25, 0.3) is 0 Å². The lowest BCUT2D eigenvalue weighted by Gasteiger charge is -2.23. The molecule has 0 aliphatic carbocycles. The van der Waals surface area contributed by atoms with Gasteiger partial charge in [0, 0.05) is 17.8 Å². The number of aromatic nitrogens is 1. The van der Waals surface area contributed by atoms with Crippen molar-refractivity contribution in [2.24, 2.45) is 0 Å². The third-order valence-electron chi connectivity index (χ3n) is 4.84. The lowest BCUT2D eigenvalue weighted by molar-refractivity contribution is -0.134. The molecule has 0 unspecified atom stereocenters. The van der Waals surface area contributed by atoms with Gasteiger partial charge in [0.05, 0.1) is 5.75 Å². The van der Waals surface area contributed by atoms with Crippen LogP contribution in [0.4, 0.5) is 5.69 Å². The Balaban J connectivity index is 1.45. The fourth-order valence-corrected chi connectivity index (χ4v) is 3.87. The van der Waals surface area contributed by atoms with E-state index in [1.807, 2.05) is 54.8 Å². The SMILES string of the molecule is CSCC(=O)N1CCC[C@H]1C(=O)Nc1ccc(-c2nc3ccccc3o2)cc1. The van der Waals surface area contributed by atoms with Crippen molar-refractivity contribution < 1.29 is 14.0 Å². The molecule has 1 aliphatic rings. The summed E-state index contributed by atoms with van der Waals surface area (Å²) in [5.74, 6) is 0.838. The Bertz CT molecular complexity index is 967. The van der Waals surface area contributed by atoms with E-state index in [-0.39, 0.29) is 11.8 Å². The maximum absolute atomic E-state index is 12.7. The molecule has 1 aliphatic heterocycles. The number of nitrogens with zero attached hydrogens (tertiary/aromatic N) is 2. The van der Waals surface area contributed by atoms with E-state index in [9.17, 15) is 9.59 Å². The summed E-state index contributed by atoms with van der Waals surface area (Å²) >= 11 is 1.48. The number of hydrogen-bond acceptors (Lipinski definition) is 5. The quantitative estimate of drug-likeness (QED) is 0.711. The van der Waals surface area contributed by atoms with Gasteiger partial charge in [0.2, 0.25) is 17.7 Å². The largest absolute Gasteiger partial charge is 0.436 e. The second-order valence-corrected chi connectivity index (χ2v) is 7.60. The Hall–Kier alpha value is -2.80. The third-order valence-corrected chi connectivity index (χ3v) is 5.37. The van der Waals surface area contributed by atoms with E-state index in [4.69, 9.17) is 4.42 Å². The predicted molar refractivity (Wildman–Crippen MR) is 111 cm³/mol. The number of likely N-dealkylation sites (tertiary alicyclic amines) is 1. The van der Waals surface area contributed by atoms with Gasteiger partial charge in [0.15, 0.2) is 5.58 Å². The summed E-state index contributed by atoms with van der Waals surface area (Å²) in [4.78, 5) is 31.0. The maximum atomic E-state index is 12.7. The molecule has 6 nitrogen and oxygen atoms in total. The highest BCUT2D eigenvalue weighted by Crippen LogP contribution is 2.26. The van der Waals surface area contributed by atoms with Crippen LogP contribution in [0.3, 0.4) is 0 Å². The van der Waals surface area contributed by atoms with Gasteiger partial charge >= 0.3 is 0 Å². The van der Waals surface area contributed by atoms with Crippen LogP contribution in [0.25, 0.3) is 22.6 Å². The van der Waals surface area contributed by atoms with Crippen LogP contribution in [0, 0.1) is 0 Å². The highest BCUT2D eigenvalue weighted by atomic mass is 32.2. The van der Waals surface area contributed by atoms with Gasteiger partial charge in [-0.05, 0) is 55.5 Å². The van der Waals surface area contributed by atoms with Crippen LogP contribution in [0.2, 0.25) is 0 Å². The molecule has 1 fully saturated rings. The number of nitrogens with one attached hydrogen (secondary N) is 1. The van der Waals surface area contributed by atoms with Gasteiger partial charge in [-0.15, -0.1) is 0 Å². The van der Waals surface area contributed by atoms with E-state index in [1.54, 1.807) is 4.90 Å². The number of rotatable bonds is 5. The molecule has 1 saturated heterocycles. The second-order valence-electron chi connectivity index (χ2n) is 6.73. The topological polar surface area (TPSA) is 75.4 Å². The van der Waals surface area contributed by atoms with Gasteiger partial charge < -0.3 is 14.6 Å². The minimum absolute atomic E-state index is 0.0245. The van der Waals surface area contributed by atoms with Gasteiger partial charge in [-0.3, -0.25) is 9.59 Å². The highest BCUT2D eigenvalue weighted by molar-refractivity contribution is 7.99. The number of oxazole rings is 1. The molecular formula is C21H21N3O3S. The monoisotopic (exact) mass is 395 g/mol. The molecule has 0 bridgehead atoms. The van der Waals surface area contributed by atoms with E-state index in [1.165, 1.54) is 11.8 Å². The Kier molecular flexibility index (Phi) is 5.34. The summed E-state index contributed by atoms with van der Waals surface area (Å²) in [7, 11) is 0. The molecule has 28 heavy (non-hydrogen) atoms. The van der Waals surface area contributed by atoms with Gasteiger partial charge in [-0.2, -0.15) is 11.8 Å². The molecule has 1 N–H and O–H groups in total. The summed E-state index contributed by atoms with van der Waals surface area (Å²) in [5.41, 5.74) is 3.08. The van der Waals surface area contributed by atoms with Crippen molar-refractivity contribution in [2.75, 3.05) is 23.9 Å². The Morgan fingerprint density at radius 1 is 1.21 bits per heavy atom. The summed E-state index contributed by atoms with van der Waals surface area (Å²) in [6.45, 7) is 0.647. The van der Waals surface area contributed by atoms with Gasteiger partial charge in [0.1, 0.15) is 11.6 Å². The number of anilines is 1. The van der Waals surface area contributed by atoms with Crippen molar-refractivity contribution in [2.45, 2.75) is 18.9 Å². The van der Waals surface area contributed by atoms with Gasteiger partial charge in [-0.25, -0.2) is 4.98 Å². The molecule has 0 radical (unpaired) electrons. The van der Waals surface area contributed by atoms with Crippen molar-refractivity contribution in [3.63, 3.8) is 0 Å². The van der Waals surface area contributed by atoms with Gasteiger partial charge in [-0.1, -0.05) is 12.1 Å². The number of para-hydroxylation sites is 2. The number of thioether (sulfide) groups is 1. The summed E-state index contributed by atoms with van der Waals surface area (Å²) in [6.07, 6.45) is 3.45. The van der Waals surface area contributed by atoms with Crippen LogP contribution < -0.4 is 5.32 Å². The van der Waals surface area contributed by atoms with E-state index in [0.29, 0.717) is 30.3 Å². The Morgan fingerprint density at radius 2 is 2.00 bits per heavy atom. The number of benzene rings is 2. The van der Waals surface area contributed by atoms with Crippen LogP contribution >= 0.6 is 11.8 Å². The number of carbonyl (C=O) groups is 2. The van der Waals surface area contributed by atoms with Crippen LogP contribution in [0.5, 0.6) is 0 Å². The first-order valence-corrected chi connectivity index (χ1v) is 10.6. The second kappa shape index (κ2) is 8.06. The molecule has 7 heteroatoms. The zero-order valence-electron chi connectivity index (χ0n) is 15.6. The molecule has 1 atom stereocenters. The minimum atomic E-state index is -0.392. The van der Waals surface area contributed by atoms with E-state index < -0.39 is 6.04 Å². The average Bonchev–Trinajstić information content (AvgIpc) is 3.36. The van der Waals surface area contributed by atoms with E-state index >= 15 is 0 Å². The van der Waals surface area contributed by atoms with Crippen molar-refractivity contribution in [3.8, 4) is 11.5 Å². The fourth-order valence-electron chi connectivity index (χ4n) is 3.46. The standard InChI is InChI=1S/C21H21N3O3S/c1-28-13-19(25)24-12-4-6-17(24)20(26)22-15-10-8-14(9-11-15)21-23-16-5-2-3-7-18(16)27-21/h2-3,5,7-11,17H,4,6,12-13H2,1H3,(H,22,26)/t17-/m0/s1. The lowest BCUT2D eigenvalue weighted by Crippen LogP contribution is -2.43. The van der Waals surface area contributed by atoms with Crippen LogP contribution in [-0.2, 0) is 9.59 Å². The number of hydrogen-bond donors (Lipinski definition) is 1. The van der Waals surface area contributed by atoms with E-state index in [0.717, 1.165) is 23.1 Å². The molecule has 4 rings (SSSR count). The molecule has 0 spiro atoms. The number of carbonyl (C=O) groups excluding carboxylic acids is 2. The normalized spacial score (nSPS) is 16.5. The molecule has 2 amide bonds. The molecule has 1 aromatic heterocycles. The fraction of sp³-hybridized carbons (Fsp3) is 0.286. The first-order chi connectivity index (χ1) is 13.7. The Morgan fingerprint density at radius 3 is 2.75 bits per heavy atom. The third kappa shape index (κ3) is 3.75. The summed E-state index contributed by atoms with van der Waals surface area (Å²) < 4.78 is 5.78. The zero-order chi connectivity index (χ0) is 19.5. The summed E-state index contributed by atoms with van der Waals surface area (Å²) in [6, 6.07) is 14.6. The van der Waals surface area contributed by atoms with Crippen molar-refractivity contribution >= 4 is 40.4 Å². The van der Waals surface area contributed by atoms with Crippen LogP contribution in [-0.4, -0.2) is 46.3 Å². The number of amides is 2. The highest BCUT2D eigenvalue weighted by Gasteiger charge is 2.33. The van der Waals surface area contributed by atoms with Crippen LogP contribution in [0.1, 0.15) is 12.8 Å². The molecule has 0 saturated carbocycles. The average molecular weight is 395 g/mol. The zero-order valence-corrected chi connectivity index (χ0v) is 16.4. The maximum Gasteiger partial charge on any atom is 0.247 e. The van der Waals surface area contributed by atoms with Crippen molar-refractivity contribution in [1.29, 1.82) is 0 Å². The first-order valence-electron chi connectivity index (χ1n) is 9.21.